The van der Waals surface area contributed by atoms with Crippen LogP contribution in [0, 0.1) is 0 Å². The topological polar surface area (TPSA) is 84.9 Å². The number of carbonyl (C=O) groups excluding carboxylic acids is 1. The third kappa shape index (κ3) is 5.04. The Bertz CT molecular complexity index is 289. The highest BCUT2D eigenvalue weighted by Gasteiger charge is 2.28. The van der Waals surface area contributed by atoms with Gasteiger partial charge in [-0.05, 0) is 33.6 Å². The van der Waals surface area contributed by atoms with Gasteiger partial charge in [0.1, 0.15) is 5.60 Å². The van der Waals surface area contributed by atoms with Gasteiger partial charge in [-0.1, -0.05) is 0 Å². The summed E-state index contributed by atoms with van der Waals surface area (Å²) in [6, 6.07) is -0.180. The van der Waals surface area contributed by atoms with Crippen molar-refractivity contribution in [3.8, 4) is 0 Å². The molecular weight excluding hydrogens is 226 g/mol. The fourth-order valence-corrected chi connectivity index (χ4v) is 1.53. The SMILES string of the molecule is CC(C)(C)OC(=O)N[C@@H]1CCC(C(=O)O)OC1. The molecule has 0 saturated carbocycles. The summed E-state index contributed by atoms with van der Waals surface area (Å²) in [7, 11) is 0. The molecule has 1 unspecified atom stereocenters. The summed E-state index contributed by atoms with van der Waals surface area (Å²) in [5, 5.41) is 11.4. The van der Waals surface area contributed by atoms with Gasteiger partial charge in [0.15, 0.2) is 6.10 Å². The normalized spacial score (nSPS) is 25.1. The summed E-state index contributed by atoms with van der Waals surface area (Å²) in [5.41, 5.74) is -0.538. The molecule has 0 bridgehead atoms. The Morgan fingerprint density at radius 3 is 2.41 bits per heavy atom. The van der Waals surface area contributed by atoms with Gasteiger partial charge in [0, 0.05) is 0 Å². The Balaban J connectivity index is 2.31. The van der Waals surface area contributed by atoms with Crippen LogP contribution in [0.25, 0.3) is 0 Å². The van der Waals surface area contributed by atoms with Crippen molar-refractivity contribution >= 4 is 12.1 Å². The van der Waals surface area contributed by atoms with Crippen LogP contribution >= 0.6 is 0 Å². The van der Waals surface area contributed by atoms with Crippen LogP contribution in [0.15, 0.2) is 0 Å². The second-order valence-electron chi connectivity index (χ2n) is 5.08. The minimum atomic E-state index is -0.958. The average molecular weight is 245 g/mol. The van der Waals surface area contributed by atoms with Gasteiger partial charge in [-0.2, -0.15) is 0 Å². The van der Waals surface area contributed by atoms with Crippen LogP contribution in [0.1, 0.15) is 33.6 Å². The fourth-order valence-electron chi connectivity index (χ4n) is 1.53. The summed E-state index contributed by atoms with van der Waals surface area (Å²) < 4.78 is 10.2. The largest absolute Gasteiger partial charge is 0.479 e. The van der Waals surface area contributed by atoms with Gasteiger partial charge in [0.05, 0.1) is 12.6 Å². The summed E-state index contributed by atoms with van der Waals surface area (Å²) in [6.07, 6.45) is -0.280. The molecule has 1 saturated heterocycles. The van der Waals surface area contributed by atoms with E-state index in [0.29, 0.717) is 12.8 Å². The van der Waals surface area contributed by atoms with Gasteiger partial charge in [0.25, 0.3) is 0 Å². The number of amides is 1. The molecule has 0 aromatic rings. The second-order valence-corrected chi connectivity index (χ2v) is 5.08. The minimum absolute atomic E-state index is 0.180. The van der Waals surface area contributed by atoms with E-state index in [9.17, 15) is 9.59 Å². The fraction of sp³-hybridized carbons (Fsp3) is 0.818. The van der Waals surface area contributed by atoms with Crippen molar-refractivity contribution < 1.29 is 24.2 Å². The monoisotopic (exact) mass is 245 g/mol. The Morgan fingerprint density at radius 2 is 2.00 bits per heavy atom. The quantitative estimate of drug-likeness (QED) is 0.762. The van der Waals surface area contributed by atoms with E-state index in [0.717, 1.165) is 0 Å². The highest BCUT2D eigenvalue weighted by Crippen LogP contribution is 2.14. The maximum Gasteiger partial charge on any atom is 0.407 e. The van der Waals surface area contributed by atoms with Crippen LogP contribution in [-0.4, -0.2) is 41.5 Å². The predicted molar refractivity (Wildman–Crippen MR) is 59.8 cm³/mol. The lowest BCUT2D eigenvalue weighted by Gasteiger charge is -2.28. The zero-order chi connectivity index (χ0) is 13.1. The van der Waals surface area contributed by atoms with Gasteiger partial charge in [0.2, 0.25) is 0 Å². The maximum absolute atomic E-state index is 11.4. The van der Waals surface area contributed by atoms with Gasteiger partial charge in [-0.25, -0.2) is 9.59 Å². The summed E-state index contributed by atoms with van der Waals surface area (Å²) in [5.74, 6) is -0.958. The Kier molecular flexibility index (Phi) is 4.34. The van der Waals surface area contributed by atoms with E-state index < -0.39 is 23.8 Å². The first kappa shape index (κ1) is 13.8. The van der Waals surface area contributed by atoms with E-state index in [1.807, 2.05) is 0 Å². The number of nitrogens with one attached hydrogen (secondary N) is 1. The molecule has 1 amide bonds. The predicted octanol–water partition coefficient (Wildman–Crippen LogP) is 1.14. The zero-order valence-electron chi connectivity index (χ0n) is 10.4. The van der Waals surface area contributed by atoms with Crippen LogP contribution in [0.2, 0.25) is 0 Å². The molecular formula is C11H19NO5. The van der Waals surface area contributed by atoms with E-state index in [2.05, 4.69) is 5.32 Å². The van der Waals surface area contributed by atoms with Gasteiger partial charge in [-0.3, -0.25) is 0 Å². The number of ether oxygens (including phenoxy) is 2. The molecule has 98 valence electrons. The number of carbonyl (C=O) groups is 2. The molecule has 1 aliphatic rings. The van der Waals surface area contributed by atoms with E-state index in [4.69, 9.17) is 14.6 Å². The van der Waals surface area contributed by atoms with Crippen molar-refractivity contribution in [1.29, 1.82) is 0 Å². The molecule has 2 atom stereocenters. The number of hydrogen-bond acceptors (Lipinski definition) is 4. The molecule has 6 nitrogen and oxygen atoms in total. The van der Waals surface area contributed by atoms with E-state index >= 15 is 0 Å². The van der Waals surface area contributed by atoms with Crippen LogP contribution in [0.4, 0.5) is 4.79 Å². The van der Waals surface area contributed by atoms with E-state index in [1.54, 1.807) is 20.8 Å². The lowest BCUT2D eigenvalue weighted by atomic mass is 10.1. The highest BCUT2D eigenvalue weighted by atomic mass is 16.6. The molecule has 0 radical (unpaired) electrons. The summed E-state index contributed by atoms with van der Waals surface area (Å²) in [6.45, 7) is 5.55. The molecule has 1 fully saturated rings. The van der Waals surface area contributed by atoms with Gasteiger partial charge >= 0.3 is 12.1 Å². The van der Waals surface area contributed by atoms with Crippen LogP contribution in [0.3, 0.4) is 0 Å². The number of carboxylic acid groups (broad SMARTS) is 1. The molecule has 2 N–H and O–H groups in total. The lowest BCUT2D eigenvalue weighted by molar-refractivity contribution is -0.153. The van der Waals surface area contributed by atoms with Crippen molar-refractivity contribution in [2.45, 2.75) is 51.4 Å². The third-order valence-electron chi connectivity index (χ3n) is 2.27. The first-order valence-corrected chi connectivity index (χ1v) is 5.62. The molecule has 0 aromatic carbocycles. The van der Waals surface area contributed by atoms with Crippen LogP contribution in [-0.2, 0) is 14.3 Å². The number of aliphatic carboxylic acids is 1. The molecule has 0 spiro atoms. The number of alkyl carbamates (subject to hydrolysis) is 1. The number of carboxylic acids is 1. The van der Waals surface area contributed by atoms with Crippen molar-refractivity contribution in [3.05, 3.63) is 0 Å². The highest BCUT2D eigenvalue weighted by molar-refractivity contribution is 5.72. The first-order chi connectivity index (χ1) is 7.78. The Labute approximate surface area is 100 Å². The summed E-state index contributed by atoms with van der Waals surface area (Å²) in [4.78, 5) is 22.1. The molecule has 1 rings (SSSR count). The Morgan fingerprint density at radius 1 is 1.35 bits per heavy atom. The first-order valence-electron chi connectivity index (χ1n) is 5.62. The maximum atomic E-state index is 11.4. The van der Waals surface area contributed by atoms with Crippen molar-refractivity contribution in [2.75, 3.05) is 6.61 Å². The molecule has 1 heterocycles. The average Bonchev–Trinajstić information content (AvgIpc) is 2.15. The molecule has 0 aliphatic carbocycles. The standard InChI is InChI=1S/C11H19NO5/c1-11(2,3)17-10(15)12-7-4-5-8(9(13)14)16-6-7/h7-8H,4-6H2,1-3H3,(H,12,15)(H,13,14)/t7-,8?/m1/s1. The van der Waals surface area contributed by atoms with Gasteiger partial charge in [-0.15, -0.1) is 0 Å². The number of hydrogen-bond donors (Lipinski definition) is 2. The van der Waals surface area contributed by atoms with E-state index in [-0.39, 0.29) is 12.6 Å². The van der Waals surface area contributed by atoms with Crippen molar-refractivity contribution in [3.63, 3.8) is 0 Å². The third-order valence-corrected chi connectivity index (χ3v) is 2.27. The molecule has 1 aliphatic heterocycles. The number of rotatable bonds is 2. The lowest BCUT2D eigenvalue weighted by Crippen LogP contribution is -2.46. The minimum Gasteiger partial charge on any atom is -0.479 e. The van der Waals surface area contributed by atoms with Crippen molar-refractivity contribution in [1.82, 2.24) is 5.32 Å². The van der Waals surface area contributed by atoms with Crippen molar-refractivity contribution in [2.24, 2.45) is 0 Å². The second kappa shape index (κ2) is 5.35. The molecule has 17 heavy (non-hydrogen) atoms. The smallest absolute Gasteiger partial charge is 0.407 e. The molecule has 6 heteroatoms. The zero-order valence-corrected chi connectivity index (χ0v) is 10.4. The summed E-state index contributed by atoms with van der Waals surface area (Å²) >= 11 is 0. The Hall–Kier alpha value is -1.30. The van der Waals surface area contributed by atoms with E-state index in [1.165, 1.54) is 0 Å². The van der Waals surface area contributed by atoms with Gasteiger partial charge < -0.3 is 19.9 Å². The van der Waals surface area contributed by atoms with Crippen LogP contribution < -0.4 is 5.32 Å². The molecule has 0 aromatic heterocycles. The van der Waals surface area contributed by atoms with Crippen LogP contribution in [0.5, 0.6) is 0 Å².